The fraction of sp³-hybridized carbons (Fsp3) is 0.143. The Kier molecular flexibility index (Phi) is 4.93. The van der Waals surface area contributed by atoms with E-state index in [0.717, 1.165) is 21.1 Å². The molecule has 0 amide bonds. The average molecular weight is 334 g/mol. The molecule has 0 radical (unpaired) electrons. The maximum atomic E-state index is 9.15. The van der Waals surface area contributed by atoms with Gasteiger partial charge in [0.05, 0.1) is 23.3 Å². The van der Waals surface area contributed by atoms with Crippen molar-refractivity contribution in [2.24, 2.45) is 0 Å². The van der Waals surface area contributed by atoms with E-state index in [1.54, 1.807) is 18.2 Å². The van der Waals surface area contributed by atoms with Crippen molar-refractivity contribution in [1.29, 1.82) is 10.5 Å². The lowest BCUT2D eigenvalue weighted by Crippen LogP contribution is -1.94. The highest BCUT2D eigenvalue weighted by Gasteiger charge is 2.11. The van der Waals surface area contributed by atoms with Crippen LogP contribution in [0.4, 0.5) is 0 Å². The van der Waals surface area contributed by atoms with E-state index in [4.69, 9.17) is 10.5 Å². The van der Waals surface area contributed by atoms with Gasteiger partial charge in [-0.2, -0.15) is 10.5 Å². The van der Waals surface area contributed by atoms with Gasteiger partial charge in [-0.05, 0) is 46.7 Å². The van der Waals surface area contributed by atoms with Crippen molar-refractivity contribution >= 4 is 28.2 Å². The van der Waals surface area contributed by atoms with Crippen LogP contribution in [0.2, 0.25) is 0 Å². The van der Waals surface area contributed by atoms with Gasteiger partial charge in [0.1, 0.15) is 0 Å². The van der Waals surface area contributed by atoms with Gasteiger partial charge in [-0.1, -0.05) is 25.7 Å². The van der Waals surface area contributed by atoms with E-state index in [9.17, 15) is 0 Å². The van der Waals surface area contributed by atoms with E-state index >= 15 is 0 Å². The van der Waals surface area contributed by atoms with Crippen LogP contribution < -0.4 is 0 Å². The van der Waals surface area contributed by atoms with Crippen LogP contribution in [0.3, 0.4) is 0 Å². The van der Waals surface area contributed by atoms with E-state index in [-0.39, 0.29) is 0 Å². The van der Waals surface area contributed by atoms with Crippen LogP contribution in [0.15, 0.2) is 30.9 Å². The van der Waals surface area contributed by atoms with Crippen molar-refractivity contribution in [2.75, 3.05) is 0 Å². The zero-order chi connectivity index (χ0) is 12.8. The highest BCUT2D eigenvalue weighted by molar-refractivity contribution is 14.1. The molecule has 0 aliphatic heterocycles. The molecule has 1 aromatic carbocycles. The van der Waals surface area contributed by atoms with Crippen molar-refractivity contribution in [3.63, 3.8) is 0 Å². The lowest BCUT2D eigenvalue weighted by atomic mass is 9.97. The molecule has 0 fully saturated rings. The monoisotopic (exact) mass is 334 g/mol. The second kappa shape index (κ2) is 6.22. The summed E-state index contributed by atoms with van der Waals surface area (Å²) in [6.07, 6.45) is 4.65. The minimum atomic E-state index is 0.509. The molecule has 17 heavy (non-hydrogen) atoms. The molecule has 1 rings (SSSR count). The van der Waals surface area contributed by atoms with E-state index < -0.39 is 0 Å². The summed E-state index contributed by atoms with van der Waals surface area (Å²) >= 11 is 2.15. The summed E-state index contributed by atoms with van der Waals surface area (Å²) in [7, 11) is 0. The van der Waals surface area contributed by atoms with Gasteiger partial charge < -0.3 is 0 Å². The highest BCUT2D eigenvalue weighted by atomic mass is 127. The molecular weight excluding hydrogens is 323 g/mol. The van der Waals surface area contributed by atoms with E-state index in [1.807, 2.05) is 13.0 Å². The quantitative estimate of drug-likeness (QED) is 0.619. The van der Waals surface area contributed by atoms with E-state index in [2.05, 4.69) is 41.3 Å². The van der Waals surface area contributed by atoms with Crippen LogP contribution in [0, 0.1) is 26.2 Å². The fourth-order valence-corrected chi connectivity index (χ4v) is 2.50. The normalized spacial score (nSPS) is 10.5. The molecule has 0 atom stereocenters. The van der Waals surface area contributed by atoms with Crippen molar-refractivity contribution in [3.8, 4) is 12.1 Å². The second-order valence-electron chi connectivity index (χ2n) is 3.38. The number of hydrogen-bond donors (Lipinski definition) is 0. The minimum absolute atomic E-state index is 0.509. The highest BCUT2D eigenvalue weighted by Crippen LogP contribution is 2.27. The molecule has 0 aromatic heterocycles. The third-order valence-corrected chi connectivity index (χ3v) is 3.12. The zero-order valence-electron chi connectivity index (χ0n) is 9.50. The Labute approximate surface area is 115 Å². The Morgan fingerprint density at radius 3 is 2.59 bits per heavy atom. The SMILES string of the molecule is C=C/C(=C\CC)c1c(I)cc(C#N)cc1C#N. The van der Waals surface area contributed by atoms with E-state index in [0.29, 0.717) is 11.1 Å². The maximum absolute atomic E-state index is 9.15. The average Bonchev–Trinajstić information content (AvgIpc) is 2.35. The van der Waals surface area contributed by atoms with Crippen LogP contribution in [-0.4, -0.2) is 0 Å². The third kappa shape index (κ3) is 2.95. The molecule has 84 valence electrons. The van der Waals surface area contributed by atoms with Gasteiger partial charge in [0.15, 0.2) is 0 Å². The first-order valence-electron chi connectivity index (χ1n) is 5.14. The van der Waals surface area contributed by atoms with Gasteiger partial charge in [0.25, 0.3) is 0 Å². The predicted molar refractivity (Wildman–Crippen MR) is 77.1 cm³/mol. The molecule has 0 spiro atoms. The number of rotatable bonds is 3. The van der Waals surface area contributed by atoms with Crippen LogP contribution in [0.25, 0.3) is 5.57 Å². The summed E-state index contributed by atoms with van der Waals surface area (Å²) in [4.78, 5) is 0. The topological polar surface area (TPSA) is 47.6 Å². The molecule has 0 aliphatic carbocycles. The first kappa shape index (κ1) is 13.5. The first-order valence-corrected chi connectivity index (χ1v) is 6.22. The Morgan fingerprint density at radius 2 is 2.12 bits per heavy atom. The molecular formula is C14H11IN2. The Balaban J connectivity index is 3.54. The van der Waals surface area contributed by atoms with Gasteiger partial charge in [0, 0.05) is 9.13 Å². The largest absolute Gasteiger partial charge is 0.192 e. The lowest BCUT2D eigenvalue weighted by Gasteiger charge is -2.08. The summed E-state index contributed by atoms with van der Waals surface area (Å²) in [5.74, 6) is 0. The number of benzene rings is 1. The molecule has 2 nitrogen and oxygen atoms in total. The molecule has 0 heterocycles. The number of halogens is 1. The molecule has 0 unspecified atom stereocenters. The van der Waals surface area contributed by atoms with Gasteiger partial charge in [-0.15, -0.1) is 0 Å². The fourth-order valence-electron chi connectivity index (χ4n) is 1.56. The van der Waals surface area contributed by atoms with Crippen molar-refractivity contribution in [2.45, 2.75) is 13.3 Å². The van der Waals surface area contributed by atoms with Gasteiger partial charge in [0.2, 0.25) is 0 Å². The molecule has 0 bridgehead atoms. The number of nitrogens with zero attached hydrogens (tertiary/aromatic N) is 2. The van der Waals surface area contributed by atoms with Crippen LogP contribution in [0.5, 0.6) is 0 Å². The van der Waals surface area contributed by atoms with Crippen LogP contribution in [-0.2, 0) is 0 Å². The summed E-state index contributed by atoms with van der Waals surface area (Å²) in [5.41, 5.74) is 2.84. The van der Waals surface area contributed by atoms with Crippen LogP contribution in [0.1, 0.15) is 30.0 Å². The van der Waals surface area contributed by atoms with Gasteiger partial charge in [-0.25, -0.2) is 0 Å². The standard InChI is InChI=1S/C14H11IN2/c1-3-5-11(4-2)14-12(9-17)6-10(8-16)7-13(14)15/h4-7H,2-3H2,1H3/b11-5+. The van der Waals surface area contributed by atoms with Crippen molar-refractivity contribution in [3.05, 3.63) is 51.1 Å². The molecule has 0 saturated heterocycles. The zero-order valence-corrected chi connectivity index (χ0v) is 11.7. The first-order chi connectivity index (χ1) is 8.17. The van der Waals surface area contributed by atoms with Crippen molar-refractivity contribution < 1.29 is 0 Å². The summed E-state index contributed by atoms with van der Waals surface area (Å²) in [6, 6.07) is 7.59. The second-order valence-corrected chi connectivity index (χ2v) is 4.54. The summed E-state index contributed by atoms with van der Waals surface area (Å²) in [5, 5.41) is 18.0. The van der Waals surface area contributed by atoms with Gasteiger partial charge in [-0.3, -0.25) is 0 Å². The molecule has 1 aromatic rings. The maximum Gasteiger partial charge on any atom is 0.0999 e. The smallest absolute Gasteiger partial charge is 0.0999 e. The number of nitriles is 2. The minimum Gasteiger partial charge on any atom is -0.192 e. The Bertz CT molecular complexity index is 557. The third-order valence-electron chi connectivity index (χ3n) is 2.27. The van der Waals surface area contributed by atoms with Crippen LogP contribution >= 0.6 is 22.6 Å². The summed E-state index contributed by atoms with van der Waals surface area (Å²) < 4.78 is 0.901. The number of allylic oxidation sites excluding steroid dienone is 3. The van der Waals surface area contributed by atoms with Crippen molar-refractivity contribution in [1.82, 2.24) is 0 Å². The lowest BCUT2D eigenvalue weighted by molar-refractivity contribution is 1.22. The molecule has 0 aliphatic rings. The predicted octanol–water partition coefficient (Wildman–Crippen LogP) is 4.01. The Morgan fingerprint density at radius 1 is 1.41 bits per heavy atom. The number of hydrogen-bond acceptors (Lipinski definition) is 2. The molecule has 0 N–H and O–H groups in total. The van der Waals surface area contributed by atoms with Gasteiger partial charge >= 0.3 is 0 Å². The van der Waals surface area contributed by atoms with E-state index in [1.165, 1.54) is 0 Å². The molecule has 0 saturated carbocycles. The molecule has 3 heteroatoms. The summed E-state index contributed by atoms with van der Waals surface area (Å²) in [6.45, 7) is 5.80. The Hall–Kier alpha value is -1.59.